The number of likely N-dealkylation sites (tertiary alicyclic amines) is 1. The Labute approximate surface area is 230 Å². The largest absolute Gasteiger partial charge is 0.457 e. The number of rotatable bonds is 9. The van der Waals surface area contributed by atoms with Crippen LogP contribution in [0.4, 0.5) is 0 Å². The van der Waals surface area contributed by atoms with Crippen LogP contribution >= 0.6 is 11.3 Å². The Morgan fingerprint density at radius 1 is 1.03 bits per heavy atom. The van der Waals surface area contributed by atoms with Gasteiger partial charge in [0.1, 0.15) is 23.4 Å². The highest BCUT2D eigenvalue weighted by Gasteiger charge is 2.51. The molecule has 1 aliphatic carbocycles. The van der Waals surface area contributed by atoms with Gasteiger partial charge in [-0.3, -0.25) is 19.8 Å². The summed E-state index contributed by atoms with van der Waals surface area (Å²) in [5, 5.41) is 15.0. The summed E-state index contributed by atoms with van der Waals surface area (Å²) in [6, 6.07) is 17.3. The Morgan fingerprint density at radius 2 is 1.74 bits per heavy atom. The summed E-state index contributed by atoms with van der Waals surface area (Å²) in [6.07, 6.45) is 3.72. The molecule has 2 aromatic carbocycles. The van der Waals surface area contributed by atoms with Crippen molar-refractivity contribution in [3.05, 3.63) is 82.0 Å². The Bertz CT molecular complexity index is 1370. The van der Waals surface area contributed by atoms with E-state index in [0.29, 0.717) is 42.1 Å². The van der Waals surface area contributed by atoms with Crippen LogP contribution in [0.5, 0.6) is 11.5 Å². The molecule has 2 fully saturated rings. The molecule has 1 unspecified atom stereocenters. The number of hydrogen-bond donors (Lipinski definition) is 4. The molecule has 1 aromatic heterocycles. The molecule has 1 aliphatic heterocycles. The third-order valence-corrected chi connectivity index (χ3v) is 8.38. The average molecular weight is 546 g/mol. The first-order valence-corrected chi connectivity index (χ1v) is 13.8. The van der Waals surface area contributed by atoms with Crippen LogP contribution in [0.3, 0.4) is 0 Å². The van der Waals surface area contributed by atoms with Gasteiger partial charge in [0.05, 0.1) is 13.1 Å². The second-order valence-corrected chi connectivity index (χ2v) is 11.1. The first-order valence-electron chi connectivity index (χ1n) is 12.9. The fourth-order valence-electron chi connectivity index (χ4n) is 5.16. The monoisotopic (exact) mass is 545 g/mol. The Morgan fingerprint density at radius 3 is 2.38 bits per heavy atom. The number of nitrogen functional groups attached to an aromatic ring is 1. The number of amides is 3. The minimum absolute atomic E-state index is 0.0122. The molecule has 39 heavy (non-hydrogen) atoms. The molecule has 0 radical (unpaired) electrons. The van der Waals surface area contributed by atoms with Gasteiger partial charge in [-0.2, -0.15) is 0 Å². The molecule has 1 saturated heterocycles. The third-order valence-electron chi connectivity index (χ3n) is 7.44. The first-order chi connectivity index (χ1) is 18.8. The fourth-order valence-corrected chi connectivity index (χ4v) is 5.98. The van der Waals surface area contributed by atoms with Crippen LogP contribution in [0, 0.1) is 10.8 Å². The van der Waals surface area contributed by atoms with Gasteiger partial charge in [0, 0.05) is 27.9 Å². The molecule has 5 N–H and O–H groups in total. The zero-order valence-corrected chi connectivity index (χ0v) is 22.3. The lowest BCUT2D eigenvalue weighted by Gasteiger charge is -2.37. The van der Waals surface area contributed by atoms with Crippen LogP contribution in [-0.4, -0.2) is 47.6 Å². The van der Waals surface area contributed by atoms with Gasteiger partial charge >= 0.3 is 0 Å². The minimum Gasteiger partial charge on any atom is -0.457 e. The molecular formula is C29H31N5O4S. The molecule has 1 spiro atoms. The van der Waals surface area contributed by atoms with E-state index in [0.717, 1.165) is 24.1 Å². The van der Waals surface area contributed by atoms with Crippen LogP contribution in [0.15, 0.2) is 66.0 Å². The van der Waals surface area contributed by atoms with Crippen molar-refractivity contribution in [2.24, 2.45) is 11.1 Å². The summed E-state index contributed by atoms with van der Waals surface area (Å²) in [5.41, 5.74) is 6.56. The number of carbonyl (C=O) groups is 3. The maximum absolute atomic E-state index is 13.2. The summed E-state index contributed by atoms with van der Waals surface area (Å²) in [6.45, 7) is 0.648. The summed E-state index contributed by atoms with van der Waals surface area (Å²) in [7, 11) is 0. The van der Waals surface area contributed by atoms with E-state index >= 15 is 0 Å². The van der Waals surface area contributed by atoms with Crippen LogP contribution in [-0.2, 0) is 16.1 Å². The molecule has 1 saturated carbocycles. The summed E-state index contributed by atoms with van der Waals surface area (Å²) in [5.74, 6) is 0.445. The van der Waals surface area contributed by atoms with Crippen molar-refractivity contribution in [1.29, 1.82) is 5.41 Å². The van der Waals surface area contributed by atoms with E-state index in [4.69, 9.17) is 15.9 Å². The second-order valence-electron chi connectivity index (χ2n) is 10.2. The number of nitrogens with zero attached hydrogens (tertiary/aromatic N) is 1. The number of hydrogen-bond acceptors (Lipinski definition) is 6. The second kappa shape index (κ2) is 11.3. The number of para-hydroxylation sites is 1. The van der Waals surface area contributed by atoms with Crippen LogP contribution in [0.1, 0.15) is 46.5 Å². The van der Waals surface area contributed by atoms with Crippen molar-refractivity contribution in [2.75, 3.05) is 13.1 Å². The highest BCUT2D eigenvalue weighted by Crippen LogP contribution is 2.50. The molecule has 0 bridgehead atoms. The van der Waals surface area contributed by atoms with Crippen LogP contribution in [0.25, 0.3) is 0 Å². The summed E-state index contributed by atoms with van der Waals surface area (Å²) < 4.78 is 5.76. The molecule has 202 valence electrons. The molecule has 9 nitrogen and oxygen atoms in total. The zero-order valence-electron chi connectivity index (χ0n) is 21.4. The van der Waals surface area contributed by atoms with Crippen LogP contribution < -0.4 is 21.1 Å². The van der Waals surface area contributed by atoms with Gasteiger partial charge in [-0.1, -0.05) is 24.6 Å². The molecule has 2 heterocycles. The number of nitrogens with two attached hydrogens (primary N) is 1. The smallest absolute Gasteiger partial charge is 0.251 e. The number of nitrogens with one attached hydrogen (secondary N) is 3. The Hall–Kier alpha value is -4.18. The van der Waals surface area contributed by atoms with Crippen molar-refractivity contribution in [3.63, 3.8) is 0 Å². The van der Waals surface area contributed by atoms with Gasteiger partial charge in [0.2, 0.25) is 11.8 Å². The highest BCUT2D eigenvalue weighted by atomic mass is 32.1. The molecule has 5 rings (SSSR count). The van der Waals surface area contributed by atoms with Gasteiger partial charge < -0.3 is 26.0 Å². The first kappa shape index (κ1) is 26.4. The molecular weight excluding hydrogens is 514 g/mol. The van der Waals surface area contributed by atoms with Crippen molar-refractivity contribution < 1.29 is 19.1 Å². The molecule has 3 amide bonds. The topological polar surface area (TPSA) is 138 Å². The van der Waals surface area contributed by atoms with Crippen molar-refractivity contribution in [3.8, 4) is 11.5 Å². The predicted octanol–water partition coefficient (Wildman–Crippen LogP) is 3.64. The van der Waals surface area contributed by atoms with Gasteiger partial charge in [0.25, 0.3) is 5.91 Å². The maximum atomic E-state index is 13.2. The fraction of sp³-hybridized carbons (Fsp3) is 0.310. The predicted molar refractivity (Wildman–Crippen MR) is 149 cm³/mol. The van der Waals surface area contributed by atoms with Gasteiger partial charge in [-0.25, -0.2) is 0 Å². The van der Waals surface area contributed by atoms with E-state index in [1.54, 1.807) is 40.6 Å². The lowest BCUT2D eigenvalue weighted by Crippen LogP contribution is -2.49. The molecule has 3 aromatic rings. The van der Waals surface area contributed by atoms with E-state index in [1.807, 2.05) is 30.3 Å². The molecule has 2 aliphatic rings. The van der Waals surface area contributed by atoms with Gasteiger partial charge in [-0.15, -0.1) is 11.3 Å². The quantitative estimate of drug-likeness (QED) is 0.240. The summed E-state index contributed by atoms with van der Waals surface area (Å²) >= 11 is 1.42. The average Bonchev–Trinajstić information content (AvgIpc) is 3.57. The van der Waals surface area contributed by atoms with E-state index < -0.39 is 6.04 Å². The van der Waals surface area contributed by atoms with E-state index in [-0.39, 0.29) is 35.5 Å². The summed E-state index contributed by atoms with van der Waals surface area (Å²) in [4.78, 5) is 41.6. The number of thiophene rings is 1. The Kier molecular flexibility index (Phi) is 7.65. The lowest BCUT2D eigenvalue weighted by atomic mass is 9.67. The number of ether oxygens (including phenoxy) is 1. The third kappa shape index (κ3) is 6.12. The number of benzene rings is 2. The highest BCUT2D eigenvalue weighted by molar-refractivity contribution is 7.10. The number of amidine groups is 1. The van der Waals surface area contributed by atoms with Crippen molar-refractivity contribution >= 4 is 34.9 Å². The van der Waals surface area contributed by atoms with E-state index in [2.05, 4.69) is 10.6 Å². The molecule has 10 heteroatoms. The normalized spacial score (nSPS) is 17.3. The van der Waals surface area contributed by atoms with E-state index in [9.17, 15) is 14.4 Å². The van der Waals surface area contributed by atoms with Crippen molar-refractivity contribution in [2.45, 2.75) is 38.3 Å². The van der Waals surface area contributed by atoms with E-state index in [1.165, 1.54) is 11.3 Å². The van der Waals surface area contributed by atoms with Crippen molar-refractivity contribution in [1.82, 2.24) is 15.5 Å². The number of carbonyl (C=O) groups excluding carboxylic acids is 3. The zero-order chi connectivity index (χ0) is 27.4. The van der Waals surface area contributed by atoms with Gasteiger partial charge in [0.15, 0.2) is 0 Å². The Balaban J connectivity index is 1.16. The van der Waals surface area contributed by atoms with Crippen LogP contribution in [0.2, 0.25) is 0 Å². The maximum Gasteiger partial charge on any atom is 0.251 e. The lowest BCUT2D eigenvalue weighted by molar-refractivity contribution is -0.137. The SMILES string of the molecule is N=C(N)c1csc(CNC(=O)C2CC3(CCC3)CN2C(=O)CNC(=O)c2ccc(Oc3ccccc3)cc2)c1. The minimum atomic E-state index is -0.573. The molecule has 1 atom stereocenters. The standard InChI is InChI=1S/C29H31N5O4S/c30-26(31)20-13-23(39-17-20)15-32-28(37)24-14-29(11-4-12-29)18-34(24)25(35)16-33-27(36)19-7-9-22(10-8-19)38-21-5-2-1-3-6-21/h1-3,5-10,13,17,24H,4,11-12,14-16,18H2,(H3,30,31)(H,32,37)(H,33,36). The van der Waals surface area contributed by atoms with Gasteiger partial charge in [-0.05, 0) is 67.1 Å².